The fourth-order valence-electron chi connectivity index (χ4n) is 2.20. The minimum atomic E-state index is -0.828. The molecule has 0 aromatic heterocycles. The summed E-state index contributed by atoms with van der Waals surface area (Å²) in [5, 5.41) is 8.82. The maximum absolute atomic E-state index is 13.8. The number of aliphatic carboxylic acids is 1. The van der Waals surface area contributed by atoms with Crippen LogP contribution in [0.15, 0.2) is 23.1 Å². The number of nitrogens with zero attached hydrogens (tertiary/aromatic N) is 1. The lowest BCUT2D eigenvalue weighted by Crippen LogP contribution is -2.29. The zero-order valence-electron chi connectivity index (χ0n) is 12.6. The highest BCUT2D eigenvalue weighted by atomic mass is 35.5. The molecule has 1 N–H and O–H groups in total. The van der Waals surface area contributed by atoms with Gasteiger partial charge in [0.05, 0.1) is 9.93 Å². The molecule has 24 heavy (non-hydrogen) atoms. The van der Waals surface area contributed by atoms with Gasteiger partial charge < -0.3 is 5.11 Å². The summed E-state index contributed by atoms with van der Waals surface area (Å²) in [5.74, 6) is -1.60. The first-order chi connectivity index (χ1) is 11.4. The number of thiocarbonyl (C=S) groups is 1. The van der Waals surface area contributed by atoms with Gasteiger partial charge in [-0.05, 0) is 31.1 Å². The number of benzene rings is 1. The Balaban J connectivity index is 2.01. The van der Waals surface area contributed by atoms with E-state index in [1.165, 1.54) is 23.1 Å². The topological polar surface area (TPSA) is 57.6 Å². The molecular weight excluding hydrogens is 373 g/mol. The molecule has 1 saturated heterocycles. The molecule has 0 atom stereocenters. The lowest BCUT2D eigenvalue weighted by atomic mass is 10.2. The molecule has 0 saturated carbocycles. The zero-order chi connectivity index (χ0) is 17.7. The average Bonchev–Trinajstić information content (AvgIpc) is 2.77. The molecule has 1 aromatic rings. The Morgan fingerprint density at radius 3 is 2.79 bits per heavy atom. The number of carbonyl (C=O) groups is 2. The van der Waals surface area contributed by atoms with Crippen LogP contribution in [0.5, 0.6) is 0 Å². The Morgan fingerprint density at radius 2 is 2.12 bits per heavy atom. The molecule has 0 radical (unpaired) electrons. The van der Waals surface area contributed by atoms with Crippen molar-refractivity contribution in [1.29, 1.82) is 0 Å². The van der Waals surface area contributed by atoms with Crippen LogP contribution in [0.25, 0.3) is 6.08 Å². The minimum Gasteiger partial charge on any atom is -0.481 e. The van der Waals surface area contributed by atoms with Crippen molar-refractivity contribution in [1.82, 2.24) is 4.90 Å². The highest BCUT2D eigenvalue weighted by molar-refractivity contribution is 8.26. The van der Waals surface area contributed by atoms with E-state index in [0.717, 1.165) is 11.8 Å². The number of halogens is 2. The largest absolute Gasteiger partial charge is 0.481 e. The van der Waals surface area contributed by atoms with Crippen LogP contribution in [-0.4, -0.2) is 32.7 Å². The van der Waals surface area contributed by atoms with Gasteiger partial charge in [-0.25, -0.2) is 4.39 Å². The van der Waals surface area contributed by atoms with Crippen LogP contribution < -0.4 is 0 Å². The molecule has 1 heterocycles. The Bertz CT molecular complexity index is 688. The van der Waals surface area contributed by atoms with E-state index < -0.39 is 11.8 Å². The molecule has 1 fully saturated rings. The van der Waals surface area contributed by atoms with Crippen LogP contribution >= 0.6 is 35.6 Å². The molecular formula is C16H15ClFNO3S2. The van der Waals surface area contributed by atoms with Crippen molar-refractivity contribution >= 4 is 57.9 Å². The van der Waals surface area contributed by atoms with E-state index in [2.05, 4.69) is 0 Å². The van der Waals surface area contributed by atoms with E-state index in [9.17, 15) is 14.0 Å². The van der Waals surface area contributed by atoms with Gasteiger partial charge in [0.15, 0.2) is 0 Å². The predicted octanol–water partition coefficient (Wildman–Crippen LogP) is 4.33. The Morgan fingerprint density at radius 1 is 1.38 bits per heavy atom. The van der Waals surface area contributed by atoms with Gasteiger partial charge >= 0.3 is 5.97 Å². The van der Waals surface area contributed by atoms with Crippen molar-refractivity contribution in [3.05, 3.63) is 39.5 Å². The first-order valence-corrected chi connectivity index (χ1v) is 8.91. The van der Waals surface area contributed by atoms with Crippen LogP contribution in [0, 0.1) is 5.82 Å². The molecule has 1 amide bonds. The number of carboxylic acids is 1. The third-order valence-corrected chi connectivity index (χ3v) is 5.13. The van der Waals surface area contributed by atoms with Crippen LogP contribution in [-0.2, 0) is 9.59 Å². The number of thioether (sulfide) groups is 1. The van der Waals surface area contributed by atoms with Gasteiger partial charge in [-0.2, -0.15) is 0 Å². The number of hydrogen-bond donors (Lipinski definition) is 1. The number of unbranched alkanes of at least 4 members (excludes halogenated alkanes) is 2. The summed E-state index contributed by atoms with van der Waals surface area (Å²) in [6.07, 6.45) is 3.45. The van der Waals surface area contributed by atoms with E-state index >= 15 is 0 Å². The molecule has 0 spiro atoms. The highest BCUT2D eigenvalue weighted by Gasteiger charge is 2.31. The molecule has 1 aromatic carbocycles. The number of rotatable bonds is 7. The minimum absolute atomic E-state index is 0.115. The quantitative estimate of drug-likeness (QED) is 0.429. The SMILES string of the molecule is O=C(O)CCCCCN1C(=O)/C(=C\c2c(F)cccc2Cl)SC1=S. The van der Waals surface area contributed by atoms with Gasteiger partial charge in [-0.15, -0.1) is 0 Å². The average molecular weight is 388 g/mol. The van der Waals surface area contributed by atoms with Gasteiger partial charge in [-0.1, -0.05) is 48.1 Å². The molecule has 0 unspecified atom stereocenters. The van der Waals surface area contributed by atoms with Crippen molar-refractivity contribution in [2.45, 2.75) is 25.7 Å². The van der Waals surface area contributed by atoms with Crippen LogP contribution in [0.3, 0.4) is 0 Å². The molecule has 0 bridgehead atoms. The van der Waals surface area contributed by atoms with Crippen molar-refractivity contribution in [2.24, 2.45) is 0 Å². The first kappa shape index (κ1) is 18.9. The van der Waals surface area contributed by atoms with Crippen molar-refractivity contribution in [2.75, 3.05) is 6.54 Å². The Kier molecular flexibility index (Phi) is 6.77. The zero-order valence-corrected chi connectivity index (χ0v) is 15.0. The number of amides is 1. The summed E-state index contributed by atoms with van der Waals surface area (Å²) >= 11 is 12.3. The number of carbonyl (C=O) groups excluding carboxylic acids is 1. The lowest BCUT2D eigenvalue weighted by Gasteiger charge is -2.13. The van der Waals surface area contributed by atoms with Crippen LogP contribution in [0.4, 0.5) is 4.39 Å². The fraction of sp³-hybridized carbons (Fsp3) is 0.312. The predicted molar refractivity (Wildman–Crippen MR) is 97.4 cm³/mol. The van der Waals surface area contributed by atoms with E-state index in [0.29, 0.717) is 35.0 Å². The summed E-state index contributed by atoms with van der Waals surface area (Å²) in [6, 6.07) is 4.33. The van der Waals surface area contributed by atoms with E-state index in [-0.39, 0.29) is 22.9 Å². The van der Waals surface area contributed by atoms with E-state index in [1.807, 2.05) is 0 Å². The molecule has 2 rings (SSSR count). The van der Waals surface area contributed by atoms with Gasteiger partial charge in [0.25, 0.3) is 5.91 Å². The lowest BCUT2D eigenvalue weighted by molar-refractivity contribution is -0.137. The van der Waals surface area contributed by atoms with Crippen molar-refractivity contribution in [3.8, 4) is 0 Å². The summed E-state index contributed by atoms with van der Waals surface area (Å²) in [5.41, 5.74) is 0.168. The standard InChI is InChI=1S/C16H15ClFNO3S2/c17-11-5-4-6-12(18)10(11)9-13-15(22)19(16(23)24-13)8-3-1-2-7-14(20)21/h4-6,9H,1-3,7-8H2,(H,20,21)/b13-9+. The Hall–Kier alpha value is -1.44. The second-order valence-electron chi connectivity index (χ2n) is 5.17. The van der Waals surface area contributed by atoms with Gasteiger partial charge in [-0.3, -0.25) is 14.5 Å². The molecule has 128 valence electrons. The van der Waals surface area contributed by atoms with E-state index in [1.54, 1.807) is 6.07 Å². The maximum atomic E-state index is 13.8. The van der Waals surface area contributed by atoms with Gasteiger partial charge in [0, 0.05) is 18.5 Å². The highest BCUT2D eigenvalue weighted by Crippen LogP contribution is 2.34. The maximum Gasteiger partial charge on any atom is 0.303 e. The normalized spacial score (nSPS) is 16.2. The second kappa shape index (κ2) is 8.60. The summed E-state index contributed by atoms with van der Waals surface area (Å²) in [6.45, 7) is 0.423. The van der Waals surface area contributed by atoms with Crippen molar-refractivity contribution < 1.29 is 19.1 Å². The molecule has 1 aliphatic rings. The molecule has 0 aliphatic carbocycles. The third kappa shape index (κ3) is 4.78. The monoisotopic (exact) mass is 387 g/mol. The van der Waals surface area contributed by atoms with Gasteiger partial charge in [0.1, 0.15) is 10.1 Å². The smallest absolute Gasteiger partial charge is 0.303 e. The fourth-order valence-corrected chi connectivity index (χ4v) is 3.70. The first-order valence-electron chi connectivity index (χ1n) is 7.31. The second-order valence-corrected chi connectivity index (χ2v) is 7.26. The van der Waals surface area contributed by atoms with Crippen LogP contribution in [0.1, 0.15) is 31.2 Å². The summed E-state index contributed by atoms with van der Waals surface area (Å²) < 4.78 is 14.2. The van der Waals surface area contributed by atoms with Gasteiger partial charge in [0.2, 0.25) is 0 Å². The molecule has 4 nitrogen and oxygen atoms in total. The molecule has 1 aliphatic heterocycles. The number of hydrogen-bond acceptors (Lipinski definition) is 4. The Labute approximate surface area is 153 Å². The molecule has 8 heteroatoms. The third-order valence-electron chi connectivity index (χ3n) is 3.42. The van der Waals surface area contributed by atoms with Crippen LogP contribution in [0.2, 0.25) is 5.02 Å². The number of carboxylic acid groups (broad SMARTS) is 1. The summed E-state index contributed by atoms with van der Waals surface area (Å²) in [7, 11) is 0. The summed E-state index contributed by atoms with van der Waals surface area (Å²) in [4.78, 5) is 24.7. The van der Waals surface area contributed by atoms with E-state index in [4.69, 9.17) is 28.9 Å². The van der Waals surface area contributed by atoms with Crippen molar-refractivity contribution in [3.63, 3.8) is 0 Å².